The summed E-state index contributed by atoms with van der Waals surface area (Å²) in [5, 5.41) is 1.64. The van der Waals surface area contributed by atoms with Gasteiger partial charge in [0, 0.05) is 20.2 Å². The van der Waals surface area contributed by atoms with Gasteiger partial charge in [-0.1, -0.05) is 24.3 Å². The van der Waals surface area contributed by atoms with E-state index in [0.717, 1.165) is 20.2 Å². The molecule has 0 fully saturated rings. The third-order valence-electron chi connectivity index (χ3n) is 2.48. The number of benzene rings is 2. The molecule has 0 unspecified atom stereocenters. The van der Waals surface area contributed by atoms with E-state index in [4.69, 9.17) is 35.0 Å². The molecule has 1 aromatic heterocycles. The Morgan fingerprint density at radius 3 is 1.24 bits per heavy atom. The monoisotopic (exact) mass is 408 g/mol. The Bertz CT molecular complexity index is 1030. The lowest BCUT2D eigenvalue weighted by Crippen LogP contribution is -1.99. The third-order valence-corrected chi connectivity index (χ3v) is 3.64. The van der Waals surface area contributed by atoms with E-state index in [1.807, 2.05) is 48.5 Å². The van der Waals surface area contributed by atoms with E-state index in [0.29, 0.717) is 0 Å². The summed E-state index contributed by atoms with van der Waals surface area (Å²) in [4.78, 5) is 12.1. The quantitative estimate of drug-likeness (QED) is 0.322. The molecule has 0 spiro atoms. The molecule has 0 amide bonds. The lowest BCUT2D eigenvalue weighted by molar-refractivity contribution is 0.378. The van der Waals surface area contributed by atoms with Crippen molar-refractivity contribution >= 4 is 52.3 Å². The second kappa shape index (κ2) is 8.44. The highest BCUT2D eigenvalue weighted by molar-refractivity contribution is 7.80. The molecule has 3 rings (SSSR count). The average Bonchev–Trinajstić information content (AvgIpc) is 2.44. The number of fused-ring (bicyclic) bond motifs is 2. The Morgan fingerprint density at radius 1 is 0.640 bits per heavy atom. The number of hydrogen-bond donors (Lipinski definition) is 4. The van der Waals surface area contributed by atoms with Crippen molar-refractivity contribution in [2.45, 2.75) is 0 Å². The molecule has 0 aliphatic heterocycles. The predicted octanol–water partition coefficient (Wildman–Crippen LogP) is 2.11. The minimum absolute atomic E-state index is 0.139. The first-order valence-corrected chi connectivity index (χ1v) is 9.77. The van der Waals surface area contributed by atoms with Gasteiger partial charge >= 0.3 is 20.8 Å². The standard InChI is InChI=1S/C13H8OS.2H2O4S/c14-13-9-5-1-3-7-11(9)15-12-8-4-2-6-10(12)13;2*1-5(2,3)4/h1-8H;2*(H2,1,2,3,4). The van der Waals surface area contributed by atoms with E-state index in [2.05, 4.69) is 0 Å². The van der Waals surface area contributed by atoms with Crippen LogP contribution < -0.4 is 5.43 Å². The van der Waals surface area contributed by atoms with Gasteiger partial charge in [0.05, 0.1) is 0 Å². The van der Waals surface area contributed by atoms with Crippen LogP contribution in [0.1, 0.15) is 0 Å². The molecule has 0 aliphatic rings. The molecule has 136 valence electrons. The van der Waals surface area contributed by atoms with E-state index in [1.54, 1.807) is 11.3 Å². The van der Waals surface area contributed by atoms with Crippen LogP contribution in [-0.2, 0) is 20.8 Å². The lowest BCUT2D eigenvalue weighted by Gasteiger charge is -1.99. The zero-order valence-corrected chi connectivity index (χ0v) is 14.6. The van der Waals surface area contributed by atoms with Gasteiger partial charge in [-0.05, 0) is 24.3 Å². The maximum absolute atomic E-state index is 12.1. The molecule has 12 heteroatoms. The van der Waals surface area contributed by atoms with E-state index in [1.165, 1.54) is 0 Å². The summed E-state index contributed by atoms with van der Waals surface area (Å²) in [6, 6.07) is 15.5. The van der Waals surface area contributed by atoms with Gasteiger partial charge in [0.1, 0.15) is 0 Å². The zero-order valence-electron chi connectivity index (χ0n) is 12.2. The molecular weight excluding hydrogens is 396 g/mol. The summed E-state index contributed by atoms with van der Waals surface area (Å²) in [5.41, 5.74) is 0.139. The van der Waals surface area contributed by atoms with Crippen molar-refractivity contribution in [3.8, 4) is 0 Å². The van der Waals surface area contributed by atoms with Gasteiger partial charge in [-0.3, -0.25) is 23.0 Å². The van der Waals surface area contributed by atoms with Gasteiger partial charge in [0.25, 0.3) is 0 Å². The van der Waals surface area contributed by atoms with Crippen LogP contribution >= 0.6 is 11.3 Å². The fourth-order valence-electron chi connectivity index (χ4n) is 1.75. The lowest BCUT2D eigenvalue weighted by atomic mass is 10.2. The van der Waals surface area contributed by atoms with Crippen molar-refractivity contribution in [1.29, 1.82) is 0 Å². The van der Waals surface area contributed by atoms with E-state index >= 15 is 0 Å². The summed E-state index contributed by atoms with van der Waals surface area (Å²) < 4.78 is 65.3. The first-order chi connectivity index (χ1) is 11.4. The Balaban J connectivity index is 0.000000262. The Hall–Kier alpha value is -1.93. The molecule has 2 aromatic carbocycles. The van der Waals surface area contributed by atoms with Gasteiger partial charge in [-0.25, -0.2) is 0 Å². The predicted molar refractivity (Wildman–Crippen MR) is 94.0 cm³/mol. The van der Waals surface area contributed by atoms with Crippen molar-refractivity contribution in [1.82, 2.24) is 0 Å². The maximum atomic E-state index is 12.1. The van der Waals surface area contributed by atoms with Gasteiger partial charge in [-0.2, -0.15) is 16.8 Å². The molecule has 0 aliphatic carbocycles. The summed E-state index contributed by atoms with van der Waals surface area (Å²) in [7, 11) is -9.33. The van der Waals surface area contributed by atoms with E-state index < -0.39 is 20.8 Å². The minimum atomic E-state index is -4.67. The first kappa shape index (κ1) is 21.1. The van der Waals surface area contributed by atoms with Crippen LogP contribution in [0.4, 0.5) is 0 Å². The van der Waals surface area contributed by atoms with Crippen LogP contribution in [0, 0.1) is 0 Å². The van der Waals surface area contributed by atoms with Crippen LogP contribution in [0.15, 0.2) is 53.3 Å². The molecule has 0 saturated heterocycles. The number of hydrogen-bond acceptors (Lipinski definition) is 6. The van der Waals surface area contributed by atoms with E-state index in [-0.39, 0.29) is 5.43 Å². The summed E-state index contributed by atoms with van der Waals surface area (Å²) in [5.74, 6) is 0. The fraction of sp³-hybridized carbons (Fsp3) is 0. The molecule has 0 radical (unpaired) electrons. The average molecular weight is 408 g/mol. The van der Waals surface area contributed by atoms with Crippen LogP contribution in [0.5, 0.6) is 0 Å². The van der Waals surface area contributed by atoms with Crippen molar-refractivity contribution in [2.75, 3.05) is 0 Å². The minimum Gasteiger partial charge on any atom is -0.289 e. The number of rotatable bonds is 0. The highest BCUT2D eigenvalue weighted by Gasteiger charge is 2.03. The van der Waals surface area contributed by atoms with E-state index in [9.17, 15) is 4.79 Å². The SMILES string of the molecule is O=S(=O)(O)O.O=S(=O)(O)O.O=c1c2ccccc2sc2ccccc12. The Kier molecular flexibility index (Phi) is 7.13. The summed E-state index contributed by atoms with van der Waals surface area (Å²) >= 11 is 1.67. The van der Waals surface area contributed by atoms with Crippen molar-refractivity contribution in [3.05, 3.63) is 58.8 Å². The van der Waals surface area contributed by atoms with Gasteiger partial charge in [0.15, 0.2) is 5.43 Å². The van der Waals surface area contributed by atoms with Crippen LogP contribution in [0.2, 0.25) is 0 Å². The van der Waals surface area contributed by atoms with Crippen molar-refractivity contribution in [2.24, 2.45) is 0 Å². The topological polar surface area (TPSA) is 166 Å². The molecule has 1 heterocycles. The molecule has 9 nitrogen and oxygen atoms in total. The molecule has 3 aromatic rings. The zero-order chi connectivity index (χ0) is 19.3. The molecule has 4 N–H and O–H groups in total. The highest BCUT2D eigenvalue weighted by atomic mass is 32.3. The molecule has 0 atom stereocenters. The first-order valence-electron chi connectivity index (χ1n) is 6.16. The summed E-state index contributed by atoms with van der Waals surface area (Å²) in [6.07, 6.45) is 0. The second-order valence-electron chi connectivity index (χ2n) is 4.32. The Morgan fingerprint density at radius 2 is 0.920 bits per heavy atom. The molecule has 0 bridgehead atoms. The third kappa shape index (κ3) is 8.64. The largest absolute Gasteiger partial charge is 0.394 e. The molecule has 25 heavy (non-hydrogen) atoms. The summed E-state index contributed by atoms with van der Waals surface area (Å²) in [6.45, 7) is 0. The normalized spacial score (nSPS) is 11.2. The Labute approximate surface area is 146 Å². The molecule has 0 saturated carbocycles. The molecular formula is C13H12O9S3. The van der Waals surface area contributed by atoms with Crippen LogP contribution in [0.3, 0.4) is 0 Å². The maximum Gasteiger partial charge on any atom is 0.394 e. The van der Waals surface area contributed by atoms with Crippen molar-refractivity contribution < 1.29 is 35.0 Å². The van der Waals surface area contributed by atoms with Gasteiger partial charge < -0.3 is 0 Å². The van der Waals surface area contributed by atoms with Crippen molar-refractivity contribution in [3.63, 3.8) is 0 Å². The highest BCUT2D eigenvalue weighted by Crippen LogP contribution is 2.23. The fourth-order valence-corrected chi connectivity index (χ4v) is 2.82. The smallest absolute Gasteiger partial charge is 0.289 e. The second-order valence-corrected chi connectivity index (χ2v) is 7.19. The van der Waals surface area contributed by atoms with Gasteiger partial charge in [0.2, 0.25) is 0 Å². The van der Waals surface area contributed by atoms with Gasteiger partial charge in [-0.15, -0.1) is 11.3 Å². The van der Waals surface area contributed by atoms with Crippen LogP contribution in [-0.4, -0.2) is 35.0 Å². The van der Waals surface area contributed by atoms with Crippen LogP contribution in [0.25, 0.3) is 20.2 Å².